The van der Waals surface area contributed by atoms with Crippen molar-refractivity contribution in [2.24, 2.45) is 0 Å². The lowest BCUT2D eigenvalue weighted by Gasteiger charge is -2.18. The minimum atomic E-state index is -3.50. The highest BCUT2D eigenvalue weighted by Gasteiger charge is 2.30. The Labute approximate surface area is 113 Å². The number of H-pyrrole nitrogens is 1. The van der Waals surface area contributed by atoms with Gasteiger partial charge in [-0.25, -0.2) is 8.42 Å². The number of nitrogens with one attached hydrogen (secondary N) is 1. The molecule has 2 rings (SSSR count). The summed E-state index contributed by atoms with van der Waals surface area (Å²) in [5.74, 6) is 0.157. The van der Waals surface area contributed by atoms with E-state index in [0.29, 0.717) is 18.7 Å². The maximum atomic E-state index is 12.5. The molecule has 1 fully saturated rings. The van der Waals surface area contributed by atoms with Gasteiger partial charge in [-0.1, -0.05) is 12.8 Å². The van der Waals surface area contributed by atoms with E-state index in [1.807, 2.05) is 0 Å². The van der Waals surface area contributed by atoms with E-state index in [-0.39, 0.29) is 10.9 Å². The number of aryl methyl sites for hydroxylation is 1. The molecule has 0 aromatic carbocycles. The number of aromatic nitrogens is 2. The maximum Gasteiger partial charge on any atom is 0.262 e. The third kappa shape index (κ3) is 2.55. The molecule has 5 nitrogen and oxygen atoms in total. The van der Waals surface area contributed by atoms with Gasteiger partial charge in [0, 0.05) is 24.3 Å². The van der Waals surface area contributed by atoms with Crippen molar-refractivity contribution >= 4 is 21.6 Å². The molecule has 0 atom stereocenters. The standard InChI is InChI=1S/C11H18ClN3O2S/c1-9-10(8-12)11(14-13-9)18(16,17)15-6-4-2-3-5-7-15/h2-8H2,1H3,(H,13,14). The monoisotopic (exact) mass is 291 g/mol. The topological polar surface area (TPSA) is 66.1 Å². The third-order valence-electron chi connectivity index (χ3n) is 3.32. The van der Waals surface area contributed by atoms with Crippen LogP contribution in [0.2, 0.25) is 0 Å². The summed E-state index contributed by atoms with van der Waals surface area (Å²) in [6.45, 7) is 2.94. The van der Waals surface area contributed by atoms with E-state index in [1.165, 1.54) is 4.31 Å². The van der Waals surface area contributed by atoms with Gasteiger partial charge in [0.05, 0.1) is 5.88 Å². The quantitative estimate of drug-likeness (QED) is 0.867. The van der Waals surface area contributed by atoms with E-state index in [2.05, 4.69) is 10.2 Å². The van der Waals surface area contributed by atoms with Gasteiger partial charge >= 0.3 is 0 Å². The fourth-order valence-corrected chi connectivity index (χ4v) is 4.29. The SMILES string of the molecule is Cc1[nH]nc(S(=O)(=O)N2CCCCCC2)c1CCl. The summed E-state index contributed by atoms with van der Waals surface area (Å²) in [5, 5.41) is 6.73. The summed E-state index contributed by atoms with van der Waals surface area (Å²) in [6.07, 6.45) is 4.01. The van der Waals surface area contributed by atoms with Gasteiger partial charge in [0.15, 0.2) is 5.03 Å². The van der Waals surface area contributed by atoms with Gasteiger partial charge in [-0.3, -0.25) is 5.10 Å². The number of hydrogen-bond donors (Lipinski definition) is 1. The Morgan fingerprint density at radius 3 is 2.44 bits per heavy atom. The van der Waals surface area contributed by atoms with Gasteiger partial charge in [-0.05, 0) is 19.8 Å². The van der Waals surface area contributed by atoms with Crippen LogP contribution in [0.5, 0.6) is 0 Å². The average molecular weight is 292 g/mol. The smallest absolute Gasteiger partial charge is 0.262 e. The predicted octanol–water partition coefficient (Wildman–Crippen LogP) is 2.02. The Morgan fingerprint density at radius 1 is 1.28 bits per heavy atom. The van der Waals surface area contributed by atoms with Gasteiger partial charge in [0.1, 0.15) is 0 Å². The minimum absolute atomic E-state index is 0.0944. The highest BCUT2D eigenvalue weighted by molar-refractivity contribution is 7.89. The largest absolute Gasteiger partial charge is 0.281 e. The van der Waals surface area contributed by atoms with E-state index >= 15 is 0 Å². The molecule has 1 N–H and O–H groups in total. The minimum Gasteiger partial charge on any atom is -0.281 e. The van der Waals surface area contributed by atoms with E-state index in [1.54, 1.807) is 6.92 Å². The zero-order chi connectivity index (χ0) is 13.2. The molecule has 1 aromatic heterocycles. The van der Waals surface area contributed by atoms with Gasteiger partial charge in [-0.2, -0.15) is 9.40 Å². The molecule has 2 heterocycles. The van der Waals surface area contributed by atoms with E-state index in [0.717, 1.165) is 31.4 Å². The second kappa shape index (κ2) is 5.59. The Bertz CT molecular complexity index is 504. The number of hydrogen-bond acceptors (Lipinski definition) is 3. The first-order valence-corrected chi connectivity index (χ1v) is 8.15. The van der Waals surface area contributed by atoms with Gasteiger partial charge in [0.25, 0.3) is 10.0 Å². The molecule has 7 heteroatoms. The van der Waals surface area contributed by atoms with Crippen LogP contribution in [-0.2, 0) is 15.9 Å². The number of aromatic amines is 1. The Balaban J connectivity index is 2.34. The van der Waals surface area contributed by atoms with Crippen molar-refractivity contribution in [3.05, 3.63) is 11.3 Å². The van der Waals surface area contributed by atoms with Crippen molar-refractivity contribution in [1.82, 2.24) is 14.5 Å². The summed E-state index contributed by atoms with van der Waals surface area (Å²) >= 11 is 5.81. The Hall–Kier alpha value is -0.590. The normalized spacial score (nSPS) is 18.8. The maximum absolute atomic E-state index is 12.5. The van der Waals surface area contributed by atoms with Crippen LogP contribution in [0.4, 0.5) is 0 Å². The molecule has 0 unspecified atom stereocenters. The zero-order valence-corrected chi connectivity index (χ0v) is 12.0. The van der Waals surface area contributed by atoms with Crippen LogP contribution in [0.25, 0.3) is 0 Å². The van der Waals surface area contributed by atoms with E-state index < -0.39 is 10.0 Å². The van der Waals surface area contributed by atoms with Crippen molar-refractivity contribution in [1.29, 1.82) is 0 Å². The highest BCUT2D eigenvalue weighted by Crippen LogP contribution is 2.24. The number of rotatable bonds is 3. The molecule has 1 saturated heterocycles. The Kier molecular flexibility index (Phi) is 4.29. The summed E-state index contributed by atoms with van der Waals surface area (Å²) < 4.78 is 26.6. The van der Waals surface area contributed by atoms with Crippen LogP contribution in [0.15, 0.2) is 5.03 Å². The lowest BCUT2D eigenvalue weighted by Crippen LogP contribution is -2.32. The lowest BCUT2D eigenvalue weighted by molar-refractivity contribution is 0.421. The van der Waals surface area contributed by atoms with Crippen LogP contribution in [0.3, 0.4) is 0 Å². The first-order valence-electron chi connectivity index (χ1n) is 6.17. The van der Waals surface area contributed by atoms with Crippen LogP contribution in [-0.4, -0.2) is 36.0 Å². The molecule has 0 saturated carbocycles. The molecule has 0 aliphatic carbocycles. The molecule has 0 amide bonds. The zero-order valence-electron chi connectivity index (χ0n) is 10.4. The Morgan fingerprint density at radius 2 is 1.89 bits per heavy atom. The van der Waals surface area contributed by atoms with Crippen LogP contribution < -0.4 is 0 Å². The molecule has 102 valence electrons. The van der Waals surface area contributed by atoms with Gasteiger partial charge in [-0.15, -0.1) is 11.6 Å². The lowest BCUT2D eigenvalue weighted by atomic mass is 10.2. The van der Waals surface area contributed by atoms with Gasteiger partial charge in [0.2, 0.25) is 0 Å². The summed E-state index contributed by atoms with van der Waals surface area (Å²) in [7, 11) is -3.50. The molecular formula is C11H18ClN3O2S. The molecule has 1 aliphatic heterocycles. The van der Waals surface area contributed by atoms with Crippen molar-refractivity contribution in [2.45, 2.75) is 43.5 Å². The number of alkyl halides is 1. The van der Waals surface area contributed by atoms with Crippen LogP contribution in [0.1, 0.15) is 36.9 Å². The molecule has 0 spiro atoms. The molecule has 1 aromatic rings. The van der Waals surface area contributed by atoms with E-state index in [4.69, 9.17) is 11.6 Å². The van der Waals surface area contributed by atoms with Crippen LogP contribution >= 0.6 is 11.6 Å². The van der Waals surface area contributed by atoms with Crippen molar-refractivity contribution in [3.63, 3.8) is 0 Å². The number of sulfonamides is 1. The average Bonchev–Trinajstić information content (AvgIpc) is 2.56. The highest BCUT2D eigenvalue weighted by atomic mass is 35.5. The molecule has 1 aliphatic rings. The fraction of sp³-hybridized carbons (Fsp3) is 0.727. The predicted molar refractivity (Wildman–Crippen MR) is 70.1 cm³/mol. The number of halogens is 1. The van der Waals surface area contributed by atoms with E-state index in [9.17, 15) is 8.42 Å². The van der Waals surface area contributed by atoms with Crippen molar-refractivity contribution in [3.8, 4) is 0 Å². The summed E-state index contributed by atoms with van der Waals surface area (Å²) in [6, 6.07) is 0. The molecule has 0 bridgehead atoms. The first kappa shape index (κ1) is 13.8. The summed E-state index contributed by atoms with van der Waals surface area (Å²) in [5.41, 5.74) is 1.30. The van der Waals surface area contributed by atoms with Crippen molar-refractivity contribution < 1.29 is 8.42 Å². The summed E-state index contributed by atoms with van der Waals surface area (Å²) in [4.78, 5) is 0. The third-order valence-corrected chi connectivity index (χ3v) is 5.46. The molecule has 18 heavy (non-hydrogen) atoms. The second-order valence-electron chi connectivity index (χ2n) is 4.58. The fourth-order valence-electron chi connectivity index (χ4n) is 2.21. The molecule has 0 radical (unpaired) electrons. The van der Waals surface area contributed by atoms with Gasteiger partial charge < -0.3 is 0 Å². The molecular weight excluding hydrogens is 274 g/mol. The van der Waals surface area contributed by atoms with Crippen LogP contribution in [0, 0.1) is 6.92 Å². The second-order valence-corrected chi connectivity index (χ2v) is 6.70. The van der Waals surface area contributed by atoms with Crippen molar-refractivity contribution in [2.75, 3.05) is 13.1 Å². The first-order chi connectivity index (χ1) is 8.57. The number of nitrogens with zero attached hydrogens (tertiary/aromatic N) is 2.